The minimum absolute atomic E-state index is 0.520. The van der Waals surface area contributed by atoms with Gasteiger partial charge in [-0.1, -0.05) is 37.8 Å². The lowest BCUT2D eigenvalue weighted by molar-refractivity contribution is 0.122. The standard InChI is InChI=1S/C21H23BrN2O.C7H15N/c1-4-5-6-18-15(2)13-20(23-16(18)3)17-7-8-21(19(22)14-17)24-9-11-25-12-10-24;1-6-2-4-7(8)5-3-6/h4-8,13-14H,2,9-12H2,1,3H3;6-7H,2-5,8H2,1H3/b5-4-,18-6+;. The van der Waals surface area contributed by atoms with Crippen LogP contribution in [0.3, 0.4) is 0 Å². The summed E-state index contributed by atoms with van der Waals surface area (Å²) in [6, 6.07) is 9.00. The zero-order chi connectivity index (χ0) is 23.8. The molecule has 1 aromatic carbocycles. The Bertz CT molecular complexity index is 1040. The minimum Gasteiger partial charge on any atom is -0.378 e. The van der Waals surface area contributed by atoms with Crippen molar-refractivity contribution in [3.63, 3.8) is 0 Å². The van der Waals surface area contributed by atoms with Gasteiger partial charge >= 0.3 is 0 Å². The Morgan fingerprint density at radius 3 is 2.42 bits per heavy atom. The zero-order valence-corrected chi connectivity index (χ0v) is 21.9. The van der Waals surface area contributed by atoms with Gasteiger partial charge in [0.25, 0.3) is 0 Å². The van der Waals surface area contributed by atoms with Gasteiger partial charge in [-0.15, -0.1) is 0 Å². The van der Waals surface area contributed by atoms with Crippen LogP contribution in [0.15, 0.2) is 40.9 Å². The monoisotopic (exact) mass is 511 g/mol. The van der Waals surface area contributed by atoms with E-state index in [2.05, 4.69) is 64.7 Å². The number of hydrogen-bond acceptors (Lipinski definition) is 4. The SMILES string of the molecule is C=c1cc(-c2ccc(N3CCOCC3)c(Br)c2)nc(C)/c1=C/C=C\C.CC1CCC(N)CC1. The van der Waals surface area contributed by atoms with E-state index in [4.69, 9.17) is 15.5 Å². The third-order valence-corrected chi connectivity index (χ3v) is 7.08. The van der Waals surface area contributed by atoms with E-state index in [9.17, 15) is 0 Å². The summed E-state index contributed by atoms with van der Waals surface area (Å²) < 4.78 is 6.52. The molecule has 0 unspecified atom stereocenters. The fraction of sp³-hybridized carbons (Fsp3) is 0.464. The number of hydrogen-bond donors (Lipinski definition) is 1. The van der Waals surface area contributed by atoms with Crippen LogP contribution in [-0.2, 0) is 4.74 Å². The quantitative estimate of drug-likeness (QED) is 0.633. The summed E-state index contributed by atoms with van der Waals surface area (Å²) in [6.07, 6.45) is 11.3. The smallest absolute Gasteiger partial charge is 0.0711 e. The molecule has 33 heavy (non-hydrogen) atoms. The molecule has 4 nitrogen and oxygen atoms in total. The van der Waals surface area contributed by atoms with E-state index in [1.807, 2.05) is 26.0 Å². The lowest BCUT2D eigenvalue weighted by atomic mass is 9.88. The molecule has 2 N–H and O–H groups in total. The molecule has 0 atom stereocenters. The highest BCUT2D eigenvalue weighted by molar-refractivity contribution is 9.10. The predicted octanol–water partition coefficient (Wildman–Crippen LogP) is 4.95. The molecular formula is C28H38BrN3O. The molecule has 2 aromatic rings. The van der Waals surface area contributed by atoms with Gasteiger partial charge in [0.1, 0.15) is 0 Å². The largest absolute Gasteiger partial charge is 0.378 e. The number of anilines is 1. The zero-order valence-electron chi connectivity index (χ0n) is 20.3. The van der Waals surface area contributed by atoms with Crippen molar-refractivity contribution in [1.29, 1.82) is 0 Å². The van der Waals surface area contributed by atoms with Crippen molar-refractivity contribution in [1.82, 2.24) is 4.98 Å². The average Bonchev–Trinajstić information content (AvgIpc) is 2.81. The number of pyridine rings is 1. The number of ether oxygens (including phenoxy) is 1. The maximum atomic E-state index is 5.70. The lowest BCUT2D eigenvalue weighted by Gasteiger charge is -2.29. The summed E-state index contributed by atoms with van der Waals surface area (Å²) in [7, 11) is 0. The second-order valence-electron chi connectivity index (χ2n) is 9.14. The number of morpholine rings is 1. The van der Waals surface area contributed by atoms with Crippen molar-refractivity contribution in [2.45, 2.75) is 52.5 Å². The van der Waals surface area contributed by atoms with E-state index < -0.39 is 0 Å². The minimum atomic E-state index is 0.520. The number of allylic oxidation sites excluding steroid dienone is 2. The van der Waals surface area contributed by atoms with Crippen molar-refractivity contribution in [2.24, 2.45) is 11.7 Å². The van der Waals surface area contributed by atoms with E-state index in [1.165, 1.54) is 31.4 Å². The Kier molecular flexibility index (Phi) is 9.72. The van der Waals surface area contributed by atoms with E-state index in [-0.39, 0.29) is 0 Å². The molecular weight excluding hydrogens is 474 g/mol. The molecule has 1 aromatic heterocycles. The molecule has 0 radical (unpaired) electrons. The number of rotatable bonds is 3. The molecule has 4 rings (SSSR count). The van der Waals surface area contributed by atoms with Crippen molar-refractivity contribution < 1.29 is 4.74 Å². The Morgan fingerprint density at radius 1 is 1.15 bits per heavy atom. The maximum absolute atomic E-state index is 5.70. The summed E-state index contributed by atoms with van der Waals surface area (Å²) in [6.45, 7) is 14.0. The van der Waals surface area contributed by atoms with Crippen LogP contribution in [0.25, 0.3) is 23.9 Å². The first-order valence-corrected chi connectivity index (χ1v) is 12.9. The first-order chi connectivity index (χ1) is 15.9. The Balaban J connectivity index is 0.000000323. The molecule has 1 saturated heterocycles. The van der Waals surface area contributed by atoms with Gasteiger partial charge in [-0.05, 0) is 84.8 Å². The predicted molar refractivity (Wildman–Crippen MR) is 145 cm³/mol. The Morgan fingerprint density at radius 2 is 1.85 bits per heavy atom. The third-order valence-electron chi connectivity index (χ3n) is 6.45. The normalized spacial score (nSPS) is 21.7. The number of nitrogens with two attached hydrogens (primary N) is 1. The third kappa shape index (κ3) is 7.26. The summed E-state index contributed by atoms with van der Waals surface area (Å²) in [4.78, 5) is 7.13. The highest BCUT2D eigenvalue weighted by Crippen LogP contribution is 2.31. The number of benzene rings is 1. The first-order valence-electron chi connectivity index (χ1n) is 12.1. The molecule has 2 heterocycles. The molecule has 2 aliphatic rings. The molecule has 1 aliphatic carbocycles. The number of nitrogens with zero attached hydrogens (tertiary/aromatic N) is 2. The number of aryl methyl sites for hydroxylation is 1. The topological polar surface area (TPSA) is 51.4 Å². The number of aromatic nitrogens is 1. The molecule has 1 saturated carbocycles. The number of halogens is 1. The van der Waals surface area contributed by atoms with Crippen molar-refractivity contribution >= 4 is 34.3 Å². The summed E-state index contributed by atoms with van der Waals surface area (Å²) in [5, 5.41) is 2.08. The van der Waals surface area contributed by atoms with Gasteiger partial charge in [-0.2, -0.15) is 0 Å². The van der Waals surface area contributed by atoms with Crippen LogP contribution < -0.4 is 21.1 Å². The molecule has 0 amide bonds. The van der Waals surface area contributed by atoms with Crippen LogP contribution in [0.1, 0.15) is 45.2 Å². The maximum Gasteiger partial charge on any atom is 0.0711 e. The Labute approximate surface area is 207 Å². The lowest BCUT2D eigenvalue weighted by Crippen LogP contribution is -2.36. The highest BCUT2D eigenvalue weighted by Gasteiger charge is 2.15. The fourth-order valence-corrected chi connectivity index (χ4v) is 4.96. The van der Waals surface area contributed by atoms with Gasteiger partial charge in [0.05, 0.1) is 24.6 Å². The first kappa shape index (κ1) is 25.7. The van der Waals surface area contributed by atoms with Crippen LogP contribution >= 0.6 is 15.9 Å². The van der Waals surface area contributed by atoms with Crippen molar-refractivity contribution in [3.8, 4) is 11.3 Å². The van der Waals surface area contributed by atoms with Crippen LogP contribution in [0, 0.1) is 12.8 Å². The van der Waals surface area contributed by atoms with Crippen LogP contribution in [0.4, 0.5) is 5.69 Å². The molecule has 178 valence electrons. The molecule has 2 fully saturated rings. The highest BCUT2D eigenvalue weighted by atomic mass is 79.9. The van der Waals surface area contributed by atoms with Crippen molar-refractivity contribution in [2.75, 3.05) is 31.2 Å². The molecule has 1 aliphatic heterocycles. The van der Waals surface area contributed by atoms with Gasteiger partial charge < -0.3 is 15.4 Å². The van der Waals surface area contributed by atoms with Gasteiger partial charge in [0, 0.05) is 40.1 Å². The van der Waals surface area contributed by atoms with Crippen molar-refractivity contribution in [3.05, 3.63) is 57.0 Å². The second-order valence-corrected chi connectivity index (χ2v) is 10.00. The van der Waals surface area contributed by atoms with Crippen LogP contribution in [-0.4, -0.2) is 37.3 Å². The summed E-state index contributed by atoms with van der Waals surface area (Å²) >= 11 is 3.72. The second kappa shape index (κ2) is 12.5. The van der Waals surface area contributed by atoms with E-state index in [0.717, 1.165) is 64.1 Å². The van der Waals surface area contributed by atoms with E-state index >= 15 is 0 Å². The van der Waals surface area contributed by atoms with E-state index in [1.54, 1.807) is 0 Å². The average molecular weight is 513 g/mol. The van der Waals surface area contributed by atoms with Gasteiger partial charge in [0.15, 0.2) is 0 Å². The molecule has 0 spiro atoms. The molecule has 5 heteroatoms. The van der Waals surface area contributed by atoms with Gasteiger partial charge in [0.2, 0.25) is 0 Å². The summed E-state index contributed by atoms with van der Waals surface area (Å²) in [5.74, 6) is 0.940. The van der Waals surface area contributed by atoms with Crippen LogP contribution in [0.2, 0.25) is 0 Å². The Hall–Kier alpha value is -1.95. The van der Waals surface area contributed by atoms with Gasteiger partial charge in [-0.3, -0.25) is 4.98 Å². The van der Waals surface area contributed by atoms with E-state index in [0.29, 0.717) is 6.04 Å². The fourth-order valence-electron chi connectivity index (χ4n) is 4.33. The summed E-state index contributed by atoms with van der Waals surface area (Å²) in [5.41, 5.74) is 9.94. The van der Waals surface area contributed by atoms with Gasteiger partial charge in [-0.25, -0.2) is 0 Å². The molecule has 0 bridgehead atoms. The van der Waals surface area contributed by atoms with Crippen LogP contribution in [0.5, 0.6) is 0 Å².